The van der Waals surface area contributed by atoms with Crippen LogP contribution in [0.25, 0.3) is 6.08 Å². The van der Waals surface area contributed by atoms with Crippen molar-refractivity contribution in [1.82, 2.24) is 4.90 Å². The lowest BCUT2D eigenvalue weighted by molar-refractivity contribution is 0.353. The highest BCUT2D eigenvalue weighted by molar-refractivity contribution is 5.48. The van der Waals surface area contributed by atoms with Crippen LogP contribution in [0, 0.1) is 17.3 Å². The van der Waals surface area contributed by atoms with E-state index in [0.717, 1.165) is 18.8 Å². The van der Waals surface area contributed by atoms with Gasteiger partial charge in [-0.2, -0.15) is 0 Å². The molecule has 0 unspecified atom stereocenters. The molecular weight excluding hydrogens is 342 g/mol. The van der Waals surface area contributed by atoms with Gasteiger partial charge in [0.2, 0.25) is 0 Å². The molecule has 2 heteroatoms. The third-order valence-electron chi connectivity index (χ3n) is 3.87. The molecule has 2 rings (SSSR count). The Morgan fingerprint density at radius 2 is 1.79 bits per heavy atom. The van der Waals surface area contributed by atoms with Gasteiger partial charge in [0.25, 0.3) is 0 Å². The number of hydrogen-bond donors (Lipinski definition) is 0. The predicted molar refractivity (Wildman–Crippen MR) is 120 cm³/mol. The van der Waals surface area contributed by atoms with Crippen LogP contribution in [-0.4, -0.2) is 25.1 Å². The molecule has 0 radical (unpaired) electrons. The lowest BCUT2D eigenvalue weighted by Gasteiger charge is -2.15. The fourth-order valence-electron chi connectivity index (χ4n) is 2.55. The van der Waals surface area contributed by atoms with Crippen LogP contribution in [0.15, 0.2) is 72.8 Å². The number of likely N-dealkylation sites (N-methyl/N-ethyl adjacent to an activating group) is 1. The number of ether oxygens (including phenoxy) is 1. The zero-order chi connectivity index (χ0) is 20.2. The summed E-state index contributed by atoms with van der Waals surface area (Å²) in [6.45, 7) is 8.65. The van der Waals surface area contributed by atoms with Crippen LogP contribution >= 0.6 is 0 Å². The van der Waals surface area contributed by atoms with Crippen LogP contribution in [0.5, 0.6) is 5.75 Å². The summed E-state index contributed by atoms with van der Waals surface area (Å²) in [5, 5.41) is 0. The van der Waals surface area contributed by atoms with Crippen molar-refractivity contribution >= 4 is 6.08 Å². The van der Waals surface area contributed by atoms with E-state index in [1.807, 2.05) is 42.5 Å². The SMILES string of the molecule is CN(CC=CC#CC(C)(C)C)Cc1cccc(OCC=Cc2ccccc2)c1. The largest absolute Gasteiger partial charge is 0.490 e. The van der Waals surface area contributed by atoms with Gasteiger partial charge in [0.05, 0.1) is 0 Å². The Kier molecular flexibility index (Phi) is 8.59. The highest BCUT2D eigenvalue weighted by Crippen LogP contribution is 2.15. The average Bonchev–Trinajstić information content (AvgIpc) is 2.65. The molecule has 0 atom stereocenters. The first-order valence-corrected chi connectivity index (χ1v) is 9.72. The second kappa shape index (κ2) is 11.2. The molecule has 2 aromatic rings. The molecule has 0 fully saturated rings. The van der Waals surface area contributed by atoms with Crippen LogP contribution in [-0.2, 0) is 6.54 Å². The summed E-state index contributed by atoms with van der Waals surface area (Å²) < 4.78 is 5.86. The molecule has 0 aromatic heterocycles. The monoisotopic (exact) mass is 373 g/mol. The standard InChI is InChI=1S/C26H31NO/c1-26(2,3)18-9-6-10-19-27(4)22-24-15-11-17-25(21-24)28-20-12-16-23-13-7-5-8-14-23/h5-8,10-17,21H,19-20,22H2,1-4H3. The van der Waals surface area contributed by atoms with Crippen molar-refractivity contribution in [2.24, 2.45) is 5.41 Å². The minimum atomic E-state index is 0.0486. The molecule has 0 saturated heterocycles. The minimum absolute atomic E-state index is 0.0486. The molecular formula is C26H31NO. The number of allylic oxidation sites excluding steroid dienone is 1. The Morgan fingerprint density at radius 1 is 1.00 bits per heavy atom. The molecule has 0 spiro atoms. The minimum Gasteiger partial charge on any atom is -0.490 e. The van der Waals surface area contributed by atoms with E-state index in [2.05, 4.69) is 81.0 Å². The lowest BCUT2D eigenvalue weighted by atomic mass is 9.98. The molecule has 0 aliphatic rings. The van der Waals surface area contributed by atoms with Gasteiger partial charge < -0.3 is 4.74 Å². The zero-order valence-electron chi connectivity index (χ0n) is 17.5. The first-order valence-electron chi connectivity index (χ1n) is 9.72. The molecule has 0 amide bonds. The van der Waals surface area contributed by atoms with Crippen LogP contribution in [0.4, 0.5) is 0 Å². The molecule has 0 bridgehead atoms. The number of rotatable bonds is 8. The maximum absolute atomic E-state index is 5.86. The topological polar surface area (TPSA) is 12.5 Å². The first kappa shape index (κ1) is 21.5. The third kappa shape index (κ3) is 9.26. The maximum atomic E-state index is 5.86. The normalized spacial score (nSPS) is 11.8. The van der Waals surface area contributed by atoms with Gasteiger partial charge in [-0.15, -0.1) is 0 Å². The molecule has 0 aliphatic heterocycles. The van der Waals surface area contributed by atoms with Gasteiger partial charge in [0.1, 0.15) is 12.4 Å². The van der Waals surface area contributed by atoms with Crippen molar-refractivity contribution in [3.8, 4) is 17.6 Å². The summed E-state index contributed by atoms with van der Waals surface area (Å²) in [6.07, 6.45) is 8.16. The summed E-state index contributed by atoms with van der Waals surface area (Å²) in [4.78, 5) is 2.25. The Hall–Kier alpha value is -2.76. The first-order chi connectivity index (χ1) is 13.4. The predicted octanol–water partition coefficient (Wildman–Crippen LogP) is 5.82. The van der Waals surface area contributed by atoms with E-state index in [4.69, 9.17) is 4.74 Å². The van der Waals surface area contributed by atoms with Crippen LogP contribution in [0.1, 0.15) is 31.9 Å². The second-order valence-corrected chi connectivity index (χ2v) is 7.89. The Morgan fingerprint density at radius 3 is 2.54 bits per heavy atom. The highest BCUT2D eigenvalue weighted by Gasteiger charge is 2.02. The van der Waals surface area contributed by atoms with E-state index in [-0.39, 0.29) is 5.41 Å². The molecule has 0 heterocycles. The quantitative estimate of drug-likeness (QED) is 0.541. The molecule has 28 heavy (non-hydrogen) atoms. The van der Waals surface area contributed by atoms with Crippen molar-refractivity contribution in [3.05, 3.63) is 84.0 Å². The van der Waals surface area contributed by atoms with Gasteiger partial charge >= 0.3 is 0 Å². The third-order valence-corrected chi connectivity index (χ3v) is 3.87. The summed E-state index contributed by atoms with van der Waals surface area (Å²) in [5.74, 6) is 7.22. The second-order valence-electron chi connectivity index (χ2n) is 7.89. The van der Waals surface area contributed by atoms with Gasteiger partial charge in [-0.3, -0.25) is 4.90 Å². The van der Waals surface area contributed by atoms with E-state index in [1.165, 1.54) is 11.1 Å². The Bertz CT molecular complexity index is 832. The summed E-state index contributed by atoms with van der Waals surface area (Å²) in [6, 6.07) is 18.5. The zero-order valence-corrected chi connectivity index (χ0v) is 17.5. The van der Waals surface area contributed by atoms with E-state index in [1.54, 1.807) is 0 Å². The molecule has 2 aromatic carbocycles. The van der Waals surface area contributed by atoms with Gasteiger partial charge in [-0.05, 0) is 63.2 Å². The van der Waals surface area contributed by atoms with E-state index in [0.29, 0.717) is 6.61 Å². The van der Waals surface area contributed by atoms with Gasteiger partial charge in [-0.1, -0.05) is 66.5 Å². The molecule has 0 aliphatic carbocycles. The Balaban J connectivity index is 1.79. The number of benzene rings is 2. The number of hydrogen-bond acceptors (Lipinski definition) is 2. The van der Waals surface area contributed by atoms with Crippen molar-refractivity contribution in [1.29, 1.82) is 0 Å². The van der Waals surface area contributed by atoms with E-state index < -0.39 is 0 Å². The number of nitrogens with zero attached hydrogens (tertiary/aromatic N) is 1. The van der Waals surface area contributed by atoms with E-state index >= 15 is 0 Å². The van der Waals surface area contributed by atoms with Crippen LogP contribution in [0.2, 0.25) is 0 Å². The highest BCUT2D eigenvalue weighted by atomic mass is 16.5. The van der Waals surface area contributed by atoms with Crippen molar-refractivity contribution in [2.45, 2.75) is 27.3 Å². The summed E-state index contributed by atoms with van der Waals surface area (Å²) in [5.41, 5.74) is 2.47. The van der Waals surface area contributed by atoms with Gasteiger partial charge in [-0.25, -0.2) is 0 Å². The van der Waals surface area contributed by atoms with Crippen molar-refractivity contribution in [3.63, 3.8) is 0 Å². The van der Waals surface area contributed by atoms with E-state index in [9.17, 15) is 0 Å². The molecule has 2 nitrogen and oxygen atoms in total. The van der Waals surface area contributed by atoms with Gasteiger partial charge in [0.15, 0.2) is 0 Å². The van der Waals surface area contributed by atoms with Crippen LogP contribution < -0.4 is 4.74 Å². The molecule has 0 N–H and O–H groups in total. The van der Waals surface area contributed by atoms with Gasteiger partial charge in [0, 0.05) is 18.5 Å². The average molecular weight is 374 g/mol. The summed E-state index contributed by atoms with van der Waals surface area (Å²) in [7, 11) is 2.11. The maximum Gasteiger partial charge on any atom is 0.120 e. The summed E-state index contributed by atoms with van der Waals surface area (Å²) >= 11 is 0. The lowest BCUT2D eigenvalue weighted by Crippen LogP contribution is -2.17. The van der Waals surface area contributed by atoms with Crippen molar-refractivity contribution in [2.75, 3.05) is 20.2 Å². The molecule has 146 valence electrons. The smallest absolute Gasteiger partial charge is 0.120 e. The fourth-order valence-corrected chi connectivity index (χ4v) is 2.55. The Labute approximate surface area is 170 Å². The van der Waals surface area contributed by atoms with Crippen molar-refractivity contribution < 1.29 is 4.74 Å². The van der Waals surface area contributed by atoms with Crippen LogP contribution in [0.3, 0.4) is 0 Å². The molecule has 0 saturated carbocycles. The fraction of sp³-hybridized carbons (Fsp3) is 0.308.